The molecule has 0 amide bonds. The Labute approximate surface area is 172 Å². The maximum absolute atomic E-state index is 6.15. The van der Waals surface area contributed by atoms with Crippen molar-refractivity contribution in [3.8, 4) is 0 Å². The molecule has 0 N–H and O–H groups in total. The zero-order valence-corrected chi connectivity index (χ0v) is 16.8. The van der Waals surface area contributed by atoms with Gasteiger partial charge in [-0.3, -0.25) is 10.0 Å². The first kappa shape index (κ1) is 19.3. The van der Waals surface area contributed by atoms with E-state index in [-0.39, 0.29) is 0 Å². The van der Waals surface area contributed by atoms with Crippen LogP contribution in [0.25, 0.3) is 0 Å². The zero-order valence-electron chi connectivity index (χ0n) is 13.7. The lowest BCUT2D eigenvalue weighted by Crippen LogP contribution is -2.41. The fraction of sp³-hybridized carbons (Fsp3) is 0.222. The second kappa shape index (κ2) is 8.96. The van der Waals surface area contributed by atoms with E-state index in [4.69, 9.17) is 46.4 Å². The summed E-state index contributed by atoms with van der Waals surface area (Å²) in [6, 6.07) is 10.7. The van der Waals surface area contributed by atoms with Gasteiger partial charge in [0, 0.05) is 21.2 Å². The third-order valence-electron chi connectivity index (χ3n) is 3.88. The van der Waals surface area contributed by atoms with Gasteiger partial charge in [-0.25, -0.2) is 0 Å². The number of nitrogens with zero attached hydrogens (tertiary/aromatic N) is 4. The fourth-order valence-electron chi connectivity index (χ4n) is 2.42. The molecule has 1 heterocycles. The van der Waals surface area contributed by atoms with Gasteiger partial charge in [0.05, 0.1) is 48.7 Å². The molecule has 1 saturated heterocycles. The van der Waals surface area contributed by atoms with Gasteiger partial charge < -0.3 is 0 Å². The SMILES string of the molecule is Clc1ccc(/C=N/N2CCN(/N=C/c3ccc(Cl)cc3Cl)CC2)c(Cl)c1. The van der Waals surface area contributed by atoms with Crippen molar-refractivity contribution in [2.45, 2.75) is 0 Å². The van der Waals surface area contributed by atoms with Gasteiger partial charge in [-0.2, -0.15) is 10.2 Å². The molecule has 0 spiro atoms. The molecule has 0 aliphatic carbocycles. The number of benzene rings is 2. The van der Waals surface area contributed by atoms with Crippen LogP contribution in [0.5, 0.6) is 0 Å². The number of hydrogen-bond donors (Lipinski definition) is 0. The van der Waals surface area contributed by atoms with E-state index in [9.17, 15) is 0 Å². The minimum Gasteiger partial charge on any atom is -0.293 e. The number of hydrazone groups is 2. The van der Waals surface area contributed by atoms with Crippen LogP contribution < -0.4 is 0 Å². The molecule has 0 radical (unpaired) electrons. The van der Waals surface area contributed by atoms with Gasteiger partial charge >= 0.3 is 0 Å². The van der Waals surface area contributed by atoms with E-state index < -0.39 is 0 Å². The summed E-state index contributed by atoms with van der Waals surface area (Å²) in [6.45, 7) is 3.08. The van der Waals surface area contributed by atoms with Crippen molar-refractivity contribution in [1.29, 1.82) is 0 Å². The second-order valence-electron chi connectivity index (χ2n) is 5.73. The van der Waals surface area contributed by atoms with Gasteiger partial charge in [-0.1, -0.05) is 58.5 Å². The first-order valence-electron chi connectivity index (χ1n) is 7.99. The predicted molar refractivity (Wildman–Crippen MR) is 111 cm³/mol. The van der Waals surface area contributed by atoms with Crippen LogP contribution in [-0.4, -0.2) is 48.6 Å². The third-order valence-corrected chi connectivity index (χ3v) is 5.00. The summed E-state index contributed by atoms with van der Waals surface area (Å²) in [5.74, 6) is 0. The number of piperazine rings is 1. The highest BCUT2D eigenvalue weighted by Crippen LogP contribution is 2.20. The van der Waals surface area contributed by atoms with Gasteiger partial charge in [-0.05, 0) is 24.3 Å². The standard InChI is InChI=1S/C18H16Cl4N4/c19-15-3-1-13(17(21)9-15)11-23-25-5-7-26(8-6-25)24-12-14-2-4-16(20)10-18(14)22/h1-4,9-12H,5-8H2/b23-11+,24-12+. The van der Waals surface area contributed by atoms with Crippen LogP contribution in [-0.2, 0) is 0 Å². The molecule has 136 valence electrons. The molecule has 0 saturated carbocycles. The Balaban J connectivity index is 1.54. The molecular formula is C18H16Cl4N4. The number of hydrogen-bond acceptors (Lipinski definition) is 4. The smallest absolute Gasteiger partial charge is 0.0557 e. The van der Waals surface area contributed by atoms with Gasteiger partial charge in [0.25, 0.3) is 0 Å². The molecule has 8 heteroatoms. The summed E-state index contributed by atoms with van der Waals surface area (Å²) in [5.41, 5.74) is 1.68. The predicted octanol–water partition coefficient (Wildman–Crippen LogP) is 5.29. The number of rotatable bonds is 4. The Morgan fingerprint density at radius 2 is 1.04 bits per heavy atom. The van der Waals surface area contributed by atoms with E-state index in [2.05, 4.69) is 10.2 Å². The largest absolute Gasteiger partial charge is 0.293 e. The molecule has 4 nitrogen and oxygen atoms in total. The lowest BCUT2D eigenvalue weighted by atomic mass is 10.2. The van der Waals surface area contributed by atoms with Gasteiger partial charge in [-0.15, -0.1) is 0 Å². The molecule has 26 heavy (non-hydrogen) atoms. The van der Waals surface area contributed by atoms with E-state index in [0.29, 0.717) is 20.1 Å². The van der Waals surface area contributed by atoms with Crippen molar-refractivity contribution >= 4 is 58.8 Å². The van der Waals surface area contributed by atoms with Crippen LogP contribution in [0.3, 0.4) is 0 Å². The molecule has 2 aromatic carbocycles. The van der Waals surface area contributed by atoms with Crippen LogP contribution in [0.1, 0.15) is 11.1 Å². The van der Waals surface area contributed by atoms with E-state index in [0.717, 1.165) is 37.3 Å². The van der Waals surface area contributed by atoms with Crippen molar-refractivity contribution in [1.82, 2.24) is 10.0 Å². The molecule has 1 aliphatic rings. The first-order chi connectivity index (χ1) is 12.5. The zero-order chi connectivity index (χ0) is 18.5. The van der Waals surface area contributed by atoms with Crippen LogP contribution in [0.2, 0.25) is 20.1 Å². The third kappa shape index (κ3) is 5.27. The van der Waals surface area contributed by atoms with Crippen molar-refractivity contribution in [2.24, 2.45) is 10.2 Å². The minimum atomic E-state index is 0.587. The van der Waals surface area contributed by atoms with Gasteiger partial charge in [0.2, 0.25) is 0 Å². The maximum Gasteiger partial charge on any atom is 0.0557 e. The van der Waals surface area contributed by atoms with E-state index in [1.165, 1.54) is 0 Å². The number of halogens is 4. The summed E-state index contributed by atoms with van der Waals surface area (Å²) in [6.07, 6.45) is 3.51. The van der Waals surface area contributed by atoms with Crippen molar-refractivity contribution < 1.29 is 0 Å². The summed E-state index contributed by atoms with van der Waals surface area (Å²) in [4.78, 5) is 0. The molecule has 3 rings (SSSR count). The second-order valence-corrected chi connectivity index (χ2v) is 7.42. The maximum atomic E-state index is 6.15. The van der Waals surface area contributed by atoms with Crippen LogP contribution in [0.15, 0.2) is 46.6 Å². The Kier molecular flexibility index (Phi) is 6.65. The highest BCUT2D eigenvalue weighted by molar-refractivity contribution is 6.36. The van der Waals surface area contributed by atoms with Crippen LogP contribution in [0, 0.1) is 0 Å². The Morgan fingerprint density at radius 1 is 0.654 bits per heavy atom. The van der Waals surface area contributed by atoms with Crippen molar-refractivity contribution in [3.05, 3.63) is 67.6 Å². The fourth-order valence-corrected chi connectivity index (χ4v) is 3.33. The summed E-state index contributed by atoms with van der Waals surface area (Å²) < 4.78 is 0. The first-order valence-corrected chi connectivity index (χ1v) is 9.50. The monoisotopic (exact) mass is 428 g/mol. The van der Waals surface area contributed by atoms with Crippen molar-refractivity contribution in [3.63, 3.8) is 0 Å². The Hall–Kier alpha value is -1.46. The highest BCUT2D eigenvalue weighted by Gasteiger charge is 2.13. The van der Waals surface area contributed by atoms with Crippen molar-refractivity contribution in [2.75, 3.05) is 26.2 Å². The van der Waals surface area contributed by atoms with Crippen LogP contribution in [0.4, 0.5) is 0 Å². The normalized spacial score (nSPS) is 15.4. The lowest BCUT2D eigenvalue weighted by molar-refractivity contribution is 0.141. The van der Waals surface area contributed by atoms with Gasteiger partial charge in [0.1, 0.15) is 0 Å². The average molecular weight is 430 g/mol. The molecule has 0 bridgehead atoms. The minimum absolute atomic E-state index is 0.587. The molecule has 1 aliphatic heterocycles. The van der Waals surface area contributed by atoms with E-state index in [1.54, 1.807) is 36.7 Å². The highest BCUT2D eigenvalue weighted by atomic mass is 35.5. The quantitative estimate of drug-likeness (QED) is 0.618. The summed E-state index contributed by atoms with van der Waals surface area (Å²) in [7, 11) is 0. The Bertz CT molecular complexity index is 760. The van der Waals surface area contributed by atoms with Gasteiger partial charge in [0.15, 0.2) is 0 Å². The molecule has 0 atom stereocenters. The van der Waals surface area contributed by atoms with Crippen LogP contribution >= 0.6 is 46.4 Å². The average Bonchev–Trinajstić information content (AvgIpc) is 2.61. The molecule has 2 aromatic rings. The van der Waals surface area contributed by atoms with E-state index >= 15 is 0 Å². The lowest BCUT2D eigenvalue weighted by Gasteiger charge is -2.31. The molecule has 1 fully saturated rings. The molecular weight excluding hydrogens is 414 g/mol. The summed E-state index contributed by atoms with van der Waals surface area (Å²) >= 11 is 24.1. The molecule has 0 unspecified atom stereocenters. The topological polar surface area (TPSA) is 31.2 Å². The van der Waals surface area contributed by atoms with E-state index in [1.807, 2.05) is 22.2 Å². The summed E-state index contributed by atoms with van der Waals surface area (Å²) in [5, 5.41) is 15.4. The Morgan fingerprint density at radius 3 is 1.38 bits per heavy atom. The molecule has 0 aromatic heterocycles.